The molecule has 0 bridgehead atoms. The first kappa shape index (κ1) is 20.2. The van der Waals surface area contributed by atoms with Crippen LogP contribution in [0.2, 0.25) is 0 Å². The number of carbonyl (C=O) groups excluding carboxylic acids is 1. The molecule has 0 saturated carbocycles. The number of nitrogens with two attached hydrogens (primary N) is 2. The minimum Gasteiger partial charge on any atom is -0.275 e. The Morgan fingerprint density at radius 3 is 1.57 bits per heavy atom. The molecule has 0 unspecified atom stereocenters. The van der Waals surface area contributed by atoms with Gasteiger partial charge < -0.3 is 0 Å². The smallest absolute Gasteiger partial charge is 0.275 e. The Labute approximate surface area is 130 Å². The molecule has 0 aliphatic rings. The van der Waals surface area contributed by atoms with Crippen molar-refractivity contribution in [3.63, 3.8) is 0 Å². The molecule has 126 valence electrons. The van der Waals surface area contributed by atoms with Gasteiger partial charge in [-0.25, -0.2) is 16.5 Å². The van der Waals surface area contributed by atoms with Crippen LogP contribution in [0.25, 0.3) is 0 Å². The molecule has 0 fully saturated rings. The third kappa shape index (κ3) is 13.9. The number of amides is 2. The minimum absolute atomic E-state index is 0.422. The molecule has 0 rings (SSSR count). The van der Waals surface area contributed by atoms with Gasteiger partial charge >= 0.3 is 6.03 Å². The number of nitrogens with one attached hydrogen (secondary N) is 1. The summed E-state index contributed by atoms with van der Waals surface area (Å²) in [4.78, 5) is 11.0. The lowest BCUT2D eigenvalue weighted by Gasteiger charge is -2.15. The second-order valence-electron chi connectivity index (χ2n) is 5.89. The van der Waals surface area contributed by atoms with Gasteiger partial charge in [-0.3, -0.25) is 10.4 Å². The van der Waals surface area contributed by atoms with Gasteiger partial charge in [-0.15, -0.1) is 0 Å². The number of urea groups is 1. The summed E-state index contributed by atoms with van der Waals surface area (Å²) in [5.41, 5.74) is 2.02. The van der Waals surface area contributed by atoms with Crippen molar-refractivity contribution in [2.75, 3.05) is 6.54 Å². The highest BCUT2D eigenvalue weighted by atomic mass is 16.2. The molecular formula is C16H36N4O. The van der Waals surface area contributed by atoms with Gasteiger partial charge in [0.15, 0.2) is 0 Å². The van der Waals surface area contributed by atoms with Crippen molar-refractivity contribution in [1.82, 2.24) is 10.4 Å². The lowest BCUT2D eigenvalue weighted by Crippen LogP contribution is -2.47. The van der Waals surface area contributed by atoms with E-state index in [1.165, 1.54) is 70.6 Å². The second-order valence-corrected chi connectivity index (χ2v) is 5.89. The SMILES string of the molecule is CCCCCCCCCCCCCCCN(N)C(=O)NN. The molecular weight excluding hydrogens is 264 g/mol. The van der Waals surface area contributed by atoms with E-state index in [-0.39, 0.29) is 0 Å². The van der Waals surface area contributed by atoms with E-state index in [9.17, 15) is 4.79 Å². The van der Waals surface area contributed by atoms with Gasteiger partial charge in [0.05, 0.1) is 0 Å². The van der Waals surface area contributed by atoms with Gasteiger partial charge in [0, 0.05) is 6.54 Å². The summed E-state index contributed by atoms with van der Waals surface area (Å²) < 4.78 is 0. The fraction of sp³-hybridized carbons (Fsp3) is 0.938. The first-order valence-electron chi connectivity index (χ1n) is 8.75. The van der Waals surface area contributed by atoms with Crippen molar-refractivity contribution in [2.45, 2.75) is 90.4 Å². The molecule has 0 spiro atoms. The van der Waals surface area contributed by atoms with Crippen LogP contribution in [0.4, 0.5) is 4.79 Å². The molecule has 0 aromatic rings. The van der Waals surface area contributed by atoms with Crippen LogP contribution in [0.5, 0.6) is 0 Å². The predicted molar refractivity (Wildman–Crippen MR) is 89.3 cm³/mol. The molecule has 5 heteroatoms. The molecule has 0 atom stereocenters. The van der Waals surface area contributed by atoms with Crippen LogP contribution in [0.15, 0.2) is 0 Å². The predicted octanol–water partition coefficient (Wildman–Crippen LogP) is 3.84. The Bertz CT molecular complexity index is 236. The summed E-state index contributed by atoms with van der Waals surface area (Å²) in [5.74, 6) is 10.5. The largest absolute Gasteiger partial charge is 0.345 e. The van der Waals surface area contributed by atoms with Gasteiger partial charge in [0.25, 0.3) is 0 Å². The number of hydrogen-bond acceptors (Lipinski definition) is 3. The molecule has 0 aromatic carbocycles. The molecule has 0 aromatic heterocycles. The number of hydrazine groups is 2. The second kappa shape index (κ2) is 15.6. The summed E-state index contributed by atoms with van der Waals surface area (Å²) in [7, 11) is 0. The van der Waals surface area contributed by atoms with Gasteiger partial charge in [0.2, 0.25) is 0 Å². The van der Waals surface area contributed by atoms with Crippen molar-refractivity contribution < 1.29 is 4.79 Å². The highest BCUT2D eigenvalue weighted by molar-refractivity contribution is 5.72. The molecule has 5 nitrogen and oxygen atoms in total. The zero-order valence-electron chi connectivity index (χ0n) is 13.9. The molecule has 0 aliphatic heterocycles. The van der Waals surface area contributed by atoms with Crippen molar-refractivity contribution in [2.24, 2.45) is 11.7 Å². The Kier molecular flexibility index (Phi) is 15.0. The van der Waals surface area contributed by atoms with E-state index in [4.69, 9.17) is 11.7 Å². The quantitative estimate of drug-likeness (QED) is 0.197. The molecule has 0 saturated heterocycles. The minimum atomic E-state index is -0.422. The van der Waals surface area contributed by atoms with Gasteiger partial charge in [-0.2, -0.15) is 0 Å². The first-order valence-corrected chi connectivity index (χ1v) is 8.75. The van der Waals surface area contributed by atoms with Crippen LogP contribution < -0.4 is 17.1 Å². The zero-order valence-corrected chi connectivity index (χ0v) is 13.9. The Morgan fingerprint density at radius 1 is 0.810 bits per heavy atom. The number of nitrogens with zero attached hydrogens (tertiary/aromatic N) is 1. The number of rotatable bonds is 14. The normalized spacial score (nSPS) is 10.6. The molecule has 0 radical (unpaired) electrons. The standard InChI is InChI=1S/C16H36N4O/c1-2-3-4-5-6-7-8-9-10-11-12-13-14-15-20(18)16(21)19-17/h2-15,17-18H2,1H3,(H,19,21). The highest BCUT2D eigenvalue weighted by Crippen LogP contribution is 2.12. The maximum Gasteiger partial charge on any atom is 0.345 e. The van der Waals surface area contributed by atoms with Crippen LogP contribution in [0, 0.1) is 0 Å². The van der Waals surface area contributed by atoms with E-state index < -0.39 is 6.03 Å². The fourth-order valence-electron chi connectivity index (χ4n) is 2.48. The van der Waals surface area contributed by atoms with Crippen molar-refractivity contribution >= 4 is 6.03 Å². The van der Waals surface area contributed by atoms with Crippen LogP contribution in [0.1, 0.15) is 90.4 Å². The fourth-order valence-corrected chi connectivity index (χ4v) is 2.48. The van der Waals surface area contributed by atoms with Crippen molar-refractivity contribution in [3.05, 3.63) is 0 Å². The average molecular weight is 300 g/mol. The van der Waals surface area contributed by atoms with E-state index in [0.29, 0.717) is 6.54 Å². The maximum absolute atomic E-state index is 11.0. The van der Waals surface area contributed by atoms with Crippen LogP contribution >= 0.6 is 0 Å². The van der Waals surface area contributed by atoms with E-state index >= 15 is 0 Å². The van der Waals surface area contributed by atoms with Crippen molar-refractivity contribution in [1.29, 1.82) is 0 Å². The average Bonchev–Trinajstić information content (AvgIpc) is 2.50. The van der Waals surface area contributed by atoms with Crippen LogP contribution in [-0.4, -0.2) is 17.6 Å². The molecule has 2 amide bonds. The van der Waals surface area contributed by atoms with E-state index in [1.807, 2.05) is 5.43 Å². The van der Waals surface area contributed by atoms with Crippen LogP contribution in [-0.2, 0) is 0 Å². The molecule has 21 heavy (non-hydrogen) atoms. The molecule has 0 heterocycles. The Morgan fingerprint density at radius 2 is 1.19 bits per heavy atom. The topological polar surface area (TPSA) is 84.4 Å². The van der Waals surface area contributed by atoms with Crippen LogP contribution in [0.3, 0.4) is 0 Å². The van der Waals surface area contributed by atoms with Gasteiger partial charge in [-0.1, -0.05) is 84.0 Å². The third-order valence-electron chi connectivity index (χ3n) is 3.89. The number of unbranched alkanes of at least 4 members (excludes halogenated alkanes) is 12. The van der Waals surface area contributed by atoms with Gasteiger partial charge in [-0.05, 0) is 6.42 Å². The molecule has 5 N–H and O–H groups in total. The van der Waals surface area contributed by atoms with Crippen molar-refractivity contribution in [3.8, 4) is 0 Å². The van der Waals surface area contributed by atoms with E-state index in [0.717, 1.165) is 17.9 Å². The lowest BCUT2D eigenvalue weighted by molar-refractivity contribution is 0.198. The summed E-state index contributed by atoms with van der Waals surface area (Å²) >= 11 is 0. The number of hydrogen-bond donors (Lipinski definition) is 3. The Hall–Kier alpha value is -0.810. The third-order valence-corrected chi connectivity index (χ3v) is 3.89. The maximum atomic E-state index is 11.0. The highest BCUT2D eigenvalue weighted by Gasteiger charge is 2.05. The lowest BCUT2D eigenvalue weighted by atomic mass is 10.0. The van der Waals surface area contributed by atoms with E-state index in [2.05, 4.69) is 6.92 Å². The Balaban J connectivity index is 3.11. The summed E-state index contributed by atoms with van der Waals surface area (Å²) in [5, 5.41) is 1.14. The summed E-state index contributed by atoms with van der Waals surface area (Å²) in [6.45, 7) is 2.83. The van der Waals surface area contributed by atoms with Gasteiger partial charge in [0.1, 0.15) is 0 Å². The summed E-state index contributed by atoms with van der Waals surface area (Å²) in [6.07, 6.45) is 17.1. The summed E-state index contributed by atoms with van der Waals surface area (Å²) in [6, 6.07) is -0.422. The number of carbonyl (C=O) groups is 1. The molecule has 0 aliphatic carbocycles. The monoisotopic (exact) mass is 300 g/mol. The van der Waals surface area contributed by atoms with E-state index in [1.54, 1.807) is 0 Å². The first-order chi connectivity index (χ1) is 10.2. The zero-order chi connectivity index (χ0) is 15.8.